The minimum Gasteiger partial charge on any atom is -0.608 e. The van der Waals surface area contributed by atoms with Crippen LogP contribution in [0.2, 0.25) is 0 Å². The predicted molar refractivity (Wildman–Crippen MR) is 115 cm³/mol. The van der Waals surface area contributed by atoms with Gasteiger partial charge in [0.15, 0.2) is 13.2 Å². The second-order valence-corrected chi connectivity index (χ2v) is 13.5. The molecule has 8 saturated carbocycles. The molecule has 1 unspecified atom stereocenters. The minimum absolute atomic E-state index is 0.246. The van der Waals surface area contributed by atoms with Crippen LogP contribution in [0.1, 0.15) is 88.2 Å². The molecule has 154 valence electrons. The molecular weight excluding hydrogens is 373 g/mol. The van der Waals surface area contributed by atoms with Crippen LogP contribution in [0.3, 0.4) is 0 Å². The van der Waals surface area contributed by atoms with Crippen LogP contribution in [0.4, 0.5) is 0 Å². The minimum atomic E-state index is -2.03. The molecule has 1 atom stereocenters. The van der Waals surface area contributed by atoms with Gasteiger partial charge in [0.25, 0.3) is 0 Å². The summed E-state index contributed by atoms with van der Waals surface area (Å²) in [5.41, 5.74) is 3.65. The quantitative estimate of drug-likeness (QED) is 0.636. The normalized spacial score (nSPS) is 49.6. The molecule has 0 saturated heterocycles. The van der Waals surface area contributed by atoms with Gasteiger partial charge in [0.2, 0.25) is 0 Å². The summed E-state index contributed by atoms with van der Waals surface area (Å²) >= 11 is 0. The van der Waals surface area contributed by atoms with E-state index in [1.807, 2.05) is 0 Å². The fourth-order valence-corrected chi connectivity index (χ4v) is 11.3. The highest BCUT2D eigenvalue weighted by atomic mass is 31.1. The van der Waals surface area contributed by atoms with Gasteiger partial charge in [-0.25, -0.2) is 0 Å². The Kier molecular flexibility index (Phi) is 3.67. The number of hydrogen-bond acceptors (Lipinski definition) is 2. The van der Waals surface area contributed by atoms with E-state index in [4.69, 9.17) is 5.16 Å². The predicted octanol–water partition coefficient (Wildman–Crippen LogP) is 5.77. The average molecular weight is 408 g/mol. The van der Waals surface area contributed by atoms with E-state index in [0.717, 1.165) is 40.8 Å². The standard InChI is InChI=1S/C26H34NOP/c27-29(28)23-3-1-2-22(25-10-16-4-17(11-25)6-18(5-16)12-25)24(23)26-13-19-7-20(14-26)9-21(8-19)15-26/h1-3,16-21,27H,4-15H2. The third kappa shape index (κ3) is 2.51. The van der Waals surface area contributed by atoms with Gasteiger partial charge >= 0.3 is 0 Å². The fourth-order valence-electron chi connectivity index (χ4n) is 10.6. The van der Waals surface area contributed by atoms with Gasteiger partial charge in [-0.1, -0.05) is 12.1 Å². The summed E-state index contributed by atoms with van der Waals surface area (Å²) in [6, 6.07) is 6.68. The first-order valence-electron chi connectivity index (χ1n) is 12.3. The van der Waals surface area contributed by atoms with Crippen LogP contribution in [0.5, 0.6) is 0 Å². The maximum absolute atomic E-state index is 12.8. The average Bonchev–Trinajstić information content (AvgIpc) is 2.65. The topological polar surface area (TPSA) is 46.9 Å². The van der Waals surface area contributed by atoms with Crippen molar-refractivity contribution < 1.29 is 4.89 Å². The van der Waals surface area contributed by atoms with Crippen molar-refractivity contribution in [2.75, 3.05) is 0 Å². The maximum Gasteiger partial charge on any atom is 0.199 e. The van der Waals surface area contributed by atoms with E-state index < -0.39 is 7.94 Å². The number of hydrogen-bond donors (Lipinski definition) is 1. The second kappa shape index (κ2) is 5.95. The molecule has 3 heteroatoms. The Balaban J connectivity index is 1.42. The molecule has 0 aromatic heterocycles. The van der Waals surface area contributed by atoms with Crippen molar-refractivity contribution in [2.45, 2.75) is 87.9 Å². The Morgan fingerprint density at radius 1 is 0.690 bits per heavy atom. The summed E-state index contributed by atoms with van der Waals surface area (Å²) in [4.78, 5) is 12.8. The van der Waals surface area contributed by atoms with Crippen LogP contribution < -0.4 is 10.2 Å². The van der Waals surface area contributed by atoms with Gasteiger partial charge in [-0.3, -0.25) is 0 Å². The van der Waals surface area contributed by atoms with E-state index in [0.29, 0.717) is 5.41 Å². The molecule has 0 radical (unpaired) electrons. The lowest BCUT2D eigenvalue weighted by Gasteiger charge is -2.60. The molecule has 0 amide bonds. The van der Waals surface area contributed by atoms with Crippen molar-refractivity contribution in [3.05, 3.63) is 29.3 Å². The van der Waals surface area contributed by atoms with Crippen molar-refractivity contribution in [1.29, 1.82) is 5.16 Å². The van der Waals surface area contributed by atoms with E-state index in [1.165, 1.54) is 82.6 Å². The van der Waals surface area contributed by atoms with E-state index in [2.05, 4.69) is 18.2 Å². The first-order valence-corrected chi connectivity index (χ1v) is 13.6. The molecule has 1 aromatic rings. The van der Waals surface area contributed by atoms with Gasteiger partial charge in [-0.15, -0.1) is 5.16 Å². The fraction of sp³-hybridized carbons (Fsp3) is 0.769. The lowest BCUT2D eigenvalue weighted by Crippen LogP contribution is -2.53. The second-order valence-electron chi connectivity index (χ2n) is 12.4. The number of benzene rings is 1. The van der Waals surface area contributed by atoms with Crippen molar-refractivity contribution in [3.8, 4) is 0 Å². The molecule has 0 spiro atoms. The molecule has 1 aromatic carbocycles. The molecule has 0 aliphatic heterocycles. The molecule has 9 rings (SSSR count). The lowest BCUT2D eigenvalue weighted by molar-refractivity contribution is -0.153. The Hall–Kier alpha value is -0.720. The Morgan fingerprint density at radius 3 is 1.52 bits per heavy atom. The zero-order valence-electron chi connectivity index (χ0n) is 17.5. The smallest absolute Gasteiger partial charge is 0.199 e. The number of rotatable bonds is 3. The van der Waals surface area contributed by atoms with Gasteiger partial charge in [0.1, 0.15) is 0 Å². The molecule has 8 bridgehead atoms. The molecule has 0 heterocycles. The van der Waals surface area contributed by atoms with Gasteiger partial charge in [0.05, 0.1) is 0 Å². The van der Waals surface area contributed by atoms with Gasteiger partial charge in [-0.05, 0) is 130 Å². The van der Waals surface area contributed by atoms with Gasteiger partial charge < -0.3 is 4.89 Å². The Labute approximate surface area is 176 Å². The summed E-state index contributed by atoms with van der Waals surface area (Å²) in [7, 11) is -2.03. The highest BCUT2D eigenvalue weighted by molar-refractivity contribution is 7.47. The highest BCUT2D eigenvalue weighted by Crippen LogP contribution is 2.65. The zero-order chi connectivity index (χ0) is 19.4. The zero-order valence-corrected chi connectivity index (χ0v) is 18.4. The van der Waals surface area contributed by atoms with Crippen LogP contribution in [0.15, 0.2) is 18.2 Å². The van der Waals surface area contributed by atoms with Crippen molar-refractivity contribution in [3.63, 3.8) is 0 Å². The van der Waals surface area contributed by atoms with Gasteiger partial charge in [0, 0.05) is 11.0 Å². The molecule has 8 aliphatic rings. The van der Waals surface area contributed by atoms with E-state index in [-0.39, 0.29) is 5.41 Å². The molecule has 29 heavy (non-hydrogen) atoms. The Bertz CT molecular complexity index is 818. The molecular formula is C26H34NOP. The third-order valence-corrected chi connectivity index (χ3v) is 11.2. The van der Waals surface area contributed by atoms with Crippen LogP contribution in [-0.2, 0) is 10.8 Å². The van der Waals surface area contributed by atoms with Crippen LogP contribution in [0.25, 0.3) is 0 Å². The highest BCUT2D eigenvalue weighted by Gasteiger charge is 2.57. The molecule has 8 fully saturated rings. The summed E-state index contributed by atoms with van der Waals surface area (Å²) in [6.07, 6.45) is 16.8. The monoisotopic (exact) mass is 407 g/mol. The third-order valence-electron chi connectivity index (χ3n) is 10.4. The lowest BCUT2D eigenvalue weighted by atomic mass is 9.44. The summed E-state index contributed by atoms with van der Waals surface area (Å²) in [5.74, 6) is 5.46. The van der Waals surface area contributed by atoms with Crippen molar-refractivity contribution in [1.82, 2.24) is 0 Å². The van der Waals surface area contributed by atoms with Crippen LogP contribution in [0, 0.1) is 40.7 Å². The van der Waals surface area contributed by atoms with Crippen LogP contribution >= 0.6 is 7.94 Å². The van der Waals surface area contributed by atoms with Crippen molar-refractivity contribution in [2.24, 2.45) is 35.5 Å². The van der Waals surface area contributed by atoms with E-state index in [9.17, 15) is 4.89 Å². The van der Waals surface area contributed by atoms with E-state index >= 15 is 0 Å². The summed E-state index contributed by atoms with van der Waals surface area (Å²) in [5, 5.41) is 9.24. The molecule has 8 aliphatic carbocycles. The first kappa shape index (κ1) is 17.9. The number of nitrogens with one attached hydrogen (secondary N) is 1. The summed E-state index contributed by atoms with van der Waals surface area (Å²) in [6.45, 7) is 0. The SMILES string of the molecule is N=[P+]([O-])c1cccc(C23CC4CC(CC(C4)C2)C3)c1C12CC3CC(CC(C3)C1)C2. The largest absolute Gasteiger partial charge is 0.608 e. The van der Waals surface area contributed by atoms with Crippen LogP contribution in [-0.4, -0.2) is 0 Å². The molecule has 2 nitrogen and oxygen atoms in total. The Morgan fingerprint density at radius 2 is 1.10 bits per heavy atom. The first-order chi connectivity index (χ1) is 14.0. The summed E-state index contributed by atoms with van der Waals surface area (Å²) < 4.78 is 0. The van der Waals surface area contributed by atoms with Gasteiger partial charge in [-0.2, -0.15) is 0 Å². The van der Waals surface area contributed by atoms with Crippen molar-refractivity contribution >= 4 is 13.2 Å². The van der Waals surface area contributed by atoms with E-state index in [1.54, 1.807) is 5.56 Å². The maximum atomic E-state index is 12.8. The molecule has 1 N–H and O–H groups in total.